The third kappa shape index (κ3) is 5.53. The van der Waals surface area contributed by atoms with Crippen molar-refractivity contribution >= 4 is 29.2 Å². The fraction of sp³-hybridized carbons (Fsp3) is 0.588. The summed E-state index contributed by atoms with van der Waals surface area (Å²) in [4.78, 5) is 12.0. The van der Waals surface area contributed by atoms with Crippen molar-refractivity contribution in [1.82, 2.24) is 0 Å². The predicted octanol–water partition coefficient (Wildman–Crippen LogP) is 4.35. The Morgan fingerprint density at radius 2 is 2.09 bits per heavy atom. The van der Waals surface area contributed by atoms with Crippen LogP contribution in [0, 0.1) is 0 Å². The average molecular weight is 338 g/mol. The molecule has 0 bridgehead atoms. The summed E-state index contributed by atoms with van der Waals surface area (Å²) < 4.78 is 10.6. The van der Waals surface area contributed by atoms with E-state index in [9.17, 15) is 4.79 Å². The third-order valence-corrected chi connectivity index (χ3v) is 4.76. The van der Waals surface area contributed by atoms with Gasteiger partial charge in [-0.1, -0.05) is 6.92 Å². The van der Waals surface area contributed by atoms with E-state index in [1.54, 1.807) is 7.11 Å². The number of carbonyl (C=O) groups excluding carboxylic acids is 1. The molecule has 1 aliphatic rings. The summed E-state index contributed by atoms with van der Waals surface area (Å²) in [6.45, 7) is 7.75. The maximum atomic E-state index is 12.0. The molecule has 1 fully saturated rings. The van der Waals surface area contributed by atoms with Gasteiger partial charge in [0, 0.05) is 22.7 Å². The van der Waals surface area contributed by atoms with Crippen LogP contribution in [0.15, 0.2) is 18.2 Å². The second-order valence-corrected chi connectivity index (χ2v) is 8.23. The summed E-state index contributed by atoms with van der Waals surface area (Å²) in [6.07, 6.45) is 0.656. The molecule has 2 unspecified atom stereocenters. The first-order valence-corrected chi connectivity index (χ1v) is 8.88. The molecule has 0 spiro atoms. The topological polar surface area (TPSA) is 59.6 Å². The second-order valence-electron chi connectivity index (χ2n) is 6.76. The van der Waals surface area contributed by atoms with Crippen LogP contribution in [0.5, 0.6) is 5.75 Å². The van der Waals surface area contributed by atoms with Crippen molar-refractivity contribution in [1.29, 1.82) is 0 Å². The summed E-state index contributed by atoms with van der Waals surface area (Å²) >= 11 is 1.98. The average Bonchev–Trinajstić information content (AvgIpc) is 2.82. The summed E-state index contributed by atoms with van der Waals surface area (Å²) in [6, 6.07) is 6.15. The smallest absolute Gasteiger partial charge is 0.412 e. The van der Waals surface area contributed by atoms with Gasteiger partial charge in [0.1, 0.15) is 11.4 Å². The number of rotatable bonds is 4. The number of benzene rings is 1. The highest BCUT2D eigenvalue weighted by molar-refractivity contribution is 8.00. The minimum atomic E-state index is -0.537. The molecule has 23 heavy (non-hydrogen) atoms. The zero-order valence-electron chi connectivity index (χ0n) is 14.4. The number of methoxy groups -OCH3 is 1. The van der Waals surface area contributed by atoms with E-state index in [2.05, 4.69) is 17.6 Å². The van der Waals surface area contributed by atoms with Gasteiger partial charge in [0.15, 0.2) is 0 Å². The number of nitrogens with one attached hydrogen (secondary N) is 2. The molecule has 1 amide bonds. The van der Waals surface area contributed by atoms with Gasteiger partial charge in [0.25, 0.3) is 0 Å². The molecule has 0 aromatic heterocycles. The molecule has 0 radical (unpaired) electrons. The Kier molecular flexibility index (Phi) is 5.68. The van der Waals surface area contributed by atoms with E-state index < -0.39 is 11.7 Å². The number of hydrogen-bond donors (Lipinski definition) is 2. The van der Waals surface area contributed by atoms with Gasteiger partial charge in [-0.2, -0.15) is 11.8 Å². The minimum Gasteiger partial charge on any atom is -0.495 e. The van der Waals surface area contributed by atoms with Crippen molar-refractivity contribution in [3.8, 4) is 5.75 Å². The molecule has 0 aliphatic carbocycles. The summed E-state index contributed by atoms with van der Waals surface area (Å²) in [5.74, 6) is 1.71. The highest BCUT2D eigenvalue weighted by Crippen LogP contribution is 2.32. The van der Waals surface area contributed by atoms with Crippen molar-refractivity contribution in [3.05, 3.63) is 18.2 Å². The molecular formula is C17H26N2O3S. The van der Waals surface area contributed by atoms with Crippen molar-refractivity contribution in [2.75, 3.05) is 23.5 Å². The molecule has 1 saturated heterocycles. The molecular weight excluding hydrogens is 312 g/mol. The molecule has 1 aromatic rings. The number of amides is 1. The largest absolute Gasteiger partial charge is 0.495 e. The van der Waals surface area contributed by atoms with Gasteiger partial charge < -0.3 is 14.8 Å². The Labute approximate surface area is 142 Å². The van der Waals surface area contributed by atoms with Crippen molar-refractivity contribution < 1.29 is 14.3 Å². The van der Waals surface area contributed by atoms with Crippen LogP contribution >= 0.6 is 11.8 Å². The number of carbonyl (C=O) groups is 1. The fourth-order valence-corrected chi connectivity index (χ4v) is 3.61. The van der Waals surface area contributed by atoms with Crippen molar-refractivity contribution in [2.24, 2.45) is 0 Å². The molecule has 1 heterocycles. The lowest BCUT2D eigenvalue weighted by Gasteiger charge is -2.21. The number of anilines is 2. The lowest BCUT2D eigenvalue weighted by Crippen LogP contribution is -2.27. The van der Waals surface area contributed by atoms with Gasteiger partial charge in [-0.25, -0.2) is 4.79 Å². The Bertz CT molecular complexity index is 557. The van der Waals surface area contributed by atoms with Crippen LogP contribution in [0.3, 0.4) is 0 Å². The summed E-state index contributed by atoms with van der Waals surface area (Å²) in [5, 5.41) is 6.96. The first-order valence-electron chi connectivity index (χ1n) is 7.83. The van der Waals surface area contributed by atoms with Crippen LogP contribution in [-0.2, 0) is 4.74 Å². The second kappa shape index (κ2) is 7.34. The maximum Gasteiger partial charge on any atom is 0.412 e. The van der Waals surface area contributed by atoms with Crippen molar-refractivity contribution in [3.63, 3.8) is 0 Å². The van der Waals surface area contributed by atoms with Crippen LogP contribution in [0.2, 0.25) is 0 Å². The van der Waals surface area contributed by atoms with Gasteiger partial charge in [-0.3, -0.25) is 5.32 Å². The number of thioether (sulfide) groups is 1. The van der Waals surface area contributed by atoms with E-state index in [0.717, 1.165) is 17.9 Å². The van der Waals surface area contributed by atoms with Crippen LogP contribution < -0.4 is 15.4 Å². The van der Waals surface area contributed by atoms with Gasteiger partial charge >= 0.3 is 6.09 Å². The predicted molar refractivity (Wildman–Crippen MR) is 96.8 cm³/mol. The summed E-state index contributed by atoms with van der Waals surface area (Å²) in [7, 11) is 1.58. The van der Waals surface area contributed by atoms with Crippen LogP contribution in [0.4, 0.5) is 16.2 Å². The first kappa shape index (κ1) is 17.8. The maximum absolute atomic E-state index is 12.0. The van der Waals surface area contributed by atoms with Crippen LogP contribution in [-0.4, -0.2) is 35.8 Å². The Balaban J connectivity index is 2.07. The zero-order chi connectivity index (χ0) is 17.0. The van der Waals surface area contributed by atoms with Crippen molar-refractivity contribution in [2.45, 2.75) is 51.0 Å². The number of ether oxygens (including phenoxy) is 2. The van der Waals surface area contributed by atoms with Crippen LogP contribution in [0.1, 0.15) is 34.1 Å². The van der Waals surface area contributed by atoms with Crippen LogP contribution in [0.25, 0.3) is 0 Å². The Morgan fingerprint density at radius 1 is 1.35 bits per heavy atom. The number of hydrogen-bond acceptors (Lipinski definition) is 5. The minimum absolute atomic E-state index is 0.456. The molecule has 6 heteroatoms. The third-order valence-electron chi connectivity index (χ3n) is 3.40. The van der Waals surface area contributed by atoms with Gasteiger partial charge in [0.05, 0.1) is 12.8 Å². The highest BCUT2D eigenvalue weighted by atomic mass is 32.2. The quantitative estimate of drug-likeness (QED) is 0.855. The normalized spacial score (nSPS) is 20.9. The molecule has 5 nitrogen and oxygen atoms in total. The zero-order valence-corrected chi connectivity index (χ0v) is 15.3. The lowest BCUT2D eigenvalue weighted by molar-refractivity contribution is 0.0635. The standard InChI is InChI=1S/C17H26N2O3S/c1-11-8-13(10-23-11)18-12-6-7-15(21-5)14(9-12)19-16(20)22-17(2,3)4/h6-7,9,11,13,18H,8,10H2,1-5H3,(H,19,20). The highest BCUT2D eigenvalue weighted by Gasteiger charge is 2.22. The fourth-order valence-electron chi connectivity index (χ4n) is 2.46. The SMILES string of the molecule is COc1ccc(NC2CSC(C)C2)cc1NC(=O)OC(C)(C)C. The lowest BCUT2D eigenvalue weighted by atomic mass is 10.1. The van der Waals surface area contributed by atoms with E-state index in [-0.39, 0.29) is 0 Å². The Hall–Kier alpha value is -1.56. The van der Waals surface area contributed by atoms with E-state index in [1.807, 2.05) is 50.7 Å². The molecule has 2 atom stereocenters. The van der Waals surface area contributed by atoms with Gasteiger partial charge in [-0.15, -0.1) is 0 Å². The molecule has 0 saturated carbocycles. The van der Waals surface area contributed by atoms with Gasteiger partial charge in [0.2, 0.25) is 0 Å². The van der Waals surface area contributed by atoms with E-state index >= 15 is 0 Å². The Morgan fingerprint density at radius 3 is 2.65 bits per heavy atom. The monoisotopic (exact) mass is 338 g/mol. The molecule has 128 valence electrons. The van der Waals surface area contributed by atoms with E-state index in [1.165, 1.54) is 0 Å². The van der Waals surface area contributed by atoms with E-state index in [0.29, 0.717) is 22.7 Å². The first-order chi connectivity index (χ1) is 10.8. The molecule has 2 N–H and O–H groups in total. The molecule has 1 aliphatic heterocycles. The van der Waals surface area contributed by atoms with E-state index in [4.69, 9.17) is 9.47 Å². The summed E-state index contributed by atoms with van der Waals surface area (Å²) in [5.41, 5.74) is 1.03. The molecule has 2 rings (SSSR count). The molecule has 1 aromatic carbocycles. The van der Waals surface area contributed by atoms with Gasteiger partial charge in [-0.05, 0) is 45.4 Å².